The first-order valence-corrected chi connectivity index (χ1v) is 8.66. The maximum Gasteiger partial charge on any atom is 0.407 e. The molecule has 0 spiro atoms. The second-order valence-electron chi connectivity index (χ2n) is 5.47. The van der Waals surface area contributed by atoms with Gasteiger partial charge in [0.05, 0.1) is 0 Å². The molecule has 0 unspecified atom stereocenters. The van der Waals surface area contributed by atoms with E-state index in [1.165, 1.54) is 0 Å². The molecule has 0 aliphatic carbocycles. The molecule has 0 aromatic heterocycles. The SMILES string of the molecule is O=C(O)N1CCC[C@@H]1CSc1ccc(Oc2ccccc2)cc1. The van der Waals surface area contributed by atoms with Crippen molar-refractivity contribution >= 4 is 17.9 Å². The lowest BCUT2D eigenvalue weighted by molar-refractivity contribution is 0.144. The van der Waals surface area contributed by atoms with E-state index in [4.69, 9.17) is 9.84 Å². The summed E-state index contributed by atoms with van der Waals surface area (Å²) in [6.45, 7) is 0.657. The van der Waals surface area contributed by atoms with Crippen LogP contribution in [0.5, 0.6) is 11.5 Å². The normalized spacial score (nSPS) is 17.2. The highest BCUT2D eigenvalue weighted by atomic mass is 32.2. The smallest absolute Gasteiger partial charge is 0.407 e. The Bertz CT molecular complexity index is 645. The molecule has 120 valence electrons. The zero-order chi connectivity index (χ0) is 16.1. The van der Waals surface area contributed by atoms with Gasteiger partial charge in [0.15, 0.2) is 0 Å². The highest BCUT2D eigenvalue weighted by Crippen LogP contribution is 2.28. The van der Waals surface area contributed by atoms with Gasteiger partial charge in [-0.3, -0.25) is 0 Å². The summed E-state index contributed by atoms with van der Waals surface area (Å²) >= 11 is 1.69. The van der Waals surface area contributed by atoms with Gasteiger partial charge in [-0.2, -0.15) is 0 Å². The third kappa shape index (κ3) is 4.20. The van der Waals surface area contributed by atoms with Crippen LogP contribution >= 0.6 is 11.8 Å². The molecule has 0 saturated carbocycles. The minimum Gasteiger partial charge on any atom is -0.465 e. The number of para-hydroxylation sites is 1. The number of carbonyl (C=O) groups is 1. The van der Waals surface area contributed by atoms with Crippen LogP contribution in [0.3, 0.4) is 0 Å². The summed E-state index contributed by atoms with van der Waals surface area (Å²) in [5, 5.41) is 9.16. The Kier molecular flexibility index (Phi) is 5.08. The number of hydrogen-bond donors (Lipinski definition) is 1. The summed E-state index contributed by atoms with van der Waals surface area (Å²) in [6, 6.07) is 17.7. The molecule has 1 heterocycles. The van der Waals surface area contributed by atoms with E-state index in [0.717, 1.165) is 35.0 Å². The monoisotopic (exact) mass is 329 g/mol. The van der Waals surface area contributed by atoms with E-state index in [1.807, 2.05) is 54.6 Å². The van der Waals surface area contributed by atoms with Gasteiger partial charge < -0.3 is 14.7 Å². The number of benzene rings is 2. The predicted molar refractivity (Wildman–Crippen MR) is 91.4 cm³/mol. The number of carboxylic acid groups (broad SMARTS) is 1. The molecule has 1 amide bonds. The van der Waals surface area contributed by atoms with E-state index in [1.54, 1.807) is 16.7 Å². The van der Waals surface area contributed by atoms with Gasteiger partial charge >= 0.3 is 6.09 Å². The molecule has 1 N–H and O–H groups in total. The predicted octanol–water partition coefficient (Wildman–Crippen LogP) is 4.71. The van der Waals surface area contributed by atoms with Crippen LogP contribution in [0.2, 0.25) is 0 Å². The van der Waals surface area contributed by atoms with Crippen LogP contribution in [0.1, 0.15) is 12.8 Å². The topological polar surface area (TPSA) is 49.8 Å². The number of thioether (sulfide) groups is 1. The van der Waals surface area contributed by atoms with Crippen molar-refractivity contribution < 1.29 is 14.6 Å². The second-order valence-corrected chi connectivity index (χ2v) is 6.56. The fourth-order valence-electron chi connectivity index (χ4n) is 2.68. The molecule has 3 rings (SSSR count). The lowest BCUT2D eigenvalue weighted by atomic mass is 10.2. The van der Waals surface area contributed by atoms with Crippen molar-refractivity contribution in [3.05, 3.63) is 54.6 Å². The third-order valence-corrected chi connectivity index (χ3v) is 5.02. The van der Waals surface area contributed by atoms with Crippen LogP contribution < -0.4 is 4.74 Å². The van der Waals surface area contributed by atoms with Gasteiger partial charge in [-0.1, -0.05) is 18.2 Å². The summed E-state index contributed by atoms with van der Waals surface area (Å²) < 4.78 is 5.76. The second kappa shape index (κ2) is 7.42. The average Bonchev–Trinajstić information content (AvgIpc) is 3.04. The summed E-state index contributed by atoms with van der Waals surface area (Å²) in [7, 11) is 0. The number of hydrogen-bond acceptors (Lipinski definition) is 3. The van der Waals surface area contributed by atoms with Crippen molar-refractivity contribution in [1.29, 1.82) is 0 Å². The Morgan fingerprint density at radius 2 is 1.83 bits per heavy atom. The number of ether oxygens (including phenoxy) is 1. The Hall–Kier alpha value is -2.14. The fourth-order valence-corrected chi connectivity index (χ4v) is 3.74. The molecule has 23 heavy (non-hydrogen) atoms. The Morgan fingerprint density at radius 3 is 2.52 bits per heavy atom. The highest BCUT2D eigenvalue weighted by Gasteiger charge is 2.28. The van der Waals surface area contributed by atoms with Gasteiger partial charge in [0.2, 0.25) is 0 Å². The lowest BCUT2D eigenvalue weighted by Crippen LogP contribution is -2.35. The third-order valence-electron chi connectivity index (χ3n) is 3.87. The molecular weight excluding hydrogens is 310 g/mol. The Morgan fingerprint density at radius 1 is 1.13 bits per heavy atom. The van der Waals surface area contributed by atoms with Gasteiger partial charge in [-0.25, -0.2) is 4.79 Å². The van der Waals surface area contributed by atoms with Crippen molar-refractivity contribution in [2.24, 2.45) is 0 Å². The molecule has 1 atom stereocenters. The van der Waals surface area contributed by atoms with Gasteiger partial charge in [-0.05, 0) is 49.2 Å². The van der Waals surface area contributed by atoms with E-state index < -0.39 is 6.09 Å². The van der Waals surface area contributed by atoms with Crippen molar-refractivity contribution in [2.45, 2.75) is 23.8 Å². The molecule has 1 aliphatic rings. The van der Waals surface area contributed by atoms with Crippen molar-refractivity contribution in [2.75, 3.05) is 12.3 Å². The van der Waals surface area contributed by atoms with Gasteiger partial charge in [0.25, 0.3) is 0 Å². The fraction of sp³-hybridized carbons (Fsp3) is 0.278. The highest BCUT2D eigenvalue weighted by molar-refractivity contribution is 7.99. The van der Waals surface area contributed by atoms with Crippen LogP contribution in [0.15, 0.2) is 59.5 Å². The first-order valence-electron chi connectivity index (χ1n) is 7.68. The van der Waals surface area contributed by atoms with Gasteiger partial charge in [-0.15, -0.1) is 11.8 Å². The maximum atomic E-state index is 11.1. The number of nitrogens with zero attached hydrogens (tertiary/aromatic N) is 1. The van der Waals surface area contributed by atoms with E-state index in [9.17, 15) is 4.79 Å². The molecule has 1 aliphatic heterocycles. The number of likely N-dealkylation sites (tertiary alicyclic amines) is 1. The van der Waals surface area contributed by atoms with Crippen molar-refractivity contribution in [3.8, 4) is 11.5 Å². The van der Waals surface area contributed by atoms with Gasteiger partial charge in [0, 0.05) is 23.2 Å². The summed E-state index contributed by atoms with van der Waals surface area (Å²) in [5.41, 5.74) is 0. The standard InChI is InChI=1S/C18H19NO3S/c20-18(21)19-12-4-5-14(19)13-23-17-10-8-16(9-11-17)22-15-6-2-1-3-7-15/h1-3,6-11,14H,4-5,12-13H2,(H,20,21)/t14-/m1/s1. The minimum absolute atomic E-state index is 0.123. The molecule has 2 aromatic carbocycles. The summed E-state index contributed by atoms with van der Waals surface area (Å²) in [5.74, 6) is 2.41. The lowest BCUT2D eigenvalue weighted by Gasteiger charge is -2.20. The van der Waals surface area contributed by atoms with E-state index in [0.29, 0.717) is 6.54 Å². The first-order chi connectivity index (χ1) is 11.2. The molecule has 0 radical (unpaired) electrons. The quantitative estimate of drug-likeness (QED) is 0.807. The maximum absolute atomic E-state index is 11.1. The van der Waals surface area contributed by atoms with E-state index in [2.05, 4.69) is 0 Å². The van der Waals surface area contributed by atoms with Crippen LogP contribution in [-0.2, 0) is 0 Å². The Balaban J connectivity index is 1.54. The molecule has 5 heteroatoms. The van der Waals surface area contributed by atoms with Crippen LogP contribution in [-0.4, -0.2) is 34.4 Å². The molecule has 2 aromatic rings. The van der Waals surface area contributed by atoms with Crippen molar-refractivity contribution in [3.63, 3.8) is 0 Å². The van der Waals surface area contributed by atoms with Crippen LogP contribution in [0, 0.1) is 0 Å². The van der Waals surface area contributed by atoms with Crippen LogP contribution in [0.25, 0.3) is 0 Å². The average molecular weight is 329 g/mol. The molecule has 0 bridgehead atoms. The van der Waals surface area contributed by atoms with Crippen LogP contribution in [0.4, 0.5) is 4.79 Å². The summed E-state index contributed by atoms with van der Waals surface area (Å²) in [6.07, 6.45) is 1.11. The molecular formula is C18H19NO3S. The first kappa shape index (κ1) is 15.7. The largest absolute Gasteiger partial charge is 0.465 e. The number of rotatable bonds is 5. The molecule has 4 nitrogen and oxygen atoms in total. The van der Waals surface area contributed by atoms with E-state index in [-0.39, 0.29) is 6.04 Å². The zero-order valence-electron chi connectivity index (χ0n) is 12.7. The van der Waals surface area contributed by atoms with Crippen molar-refractivity contribution in [1.82, 2.24) is 4.90 Å². The number of amides is 1. The minimum atomic E-state index is -0.806. The van der Waals surface area contributed by atoms with E-state index >= 15 is 0 Å². The van der Waals surface area contributed by atoms with Gasteiger partial charge in [0.1, 0.15) is 11.5 Å². The zero-order valence-corrected chi connectivity index (χ0v) is 13.5. The Labute approximate surface area is 140 Å². The molecule has 1 saturated heterocycles. The summed E-state index contributed by atoms with van der Waals surface area (Å²) in [4.78, 5) is 13.8. The molecule has 1 fully saturated rings.